The number of nitrogens with zero attached hydrogens (tertiary/aromatic N) is 1. The number of carbonyl (C=O) groups is 1. The normalized spacial score (nSPS) is 9.90. The van der Waals surface area contributed by atoms with Crippen LogP contribution in [0.4, 0.5) is 4.79 Å². The fraction of sp³-hybridized carbons (Fsp3) is 0.571. The molecule has 0 rings (SSSR count). The van der Waals surface area contributed by atoms with E-state index in [2.05, 4.69) is 5.32 Å². The number of allylic oxidation sites excluding steroid dienone is 1. The highest BCUT2D eigenvalue weighted by molar-refractivity contribution is 5.73. The Morgan fingerprint density at radius 1 is 1.60 bits per heavy atom. The predicted molar refractivity (Wildman–Crippen MR) is 41.9 cm³/mol. The number of hydrogen-bond donors (Lipinski definition) is 1. The maximum Gasteiger partial charge on any atom is 0.317 e. The van der Waals surface area contributed by atoms with E-state index in [1.54, 1.807) is 14.1 Å². The van der Waals surface area contributed by atoms with Gasteiger partial charge in [0.1, 0.15) is 0 Å². The molecule has 0 spiro atoms. The summed E-state index contributed by atoms with van der Waals surface area (Å²) in [4.78, 5) is 12.3. The van der Waals surface area contributed by atoms with Crippen molar-refractivity contribution < 1.29 is 4.79 Å². The molecule has 0 fully saturated rings. The Bertz CT molecular complexity index is 130. The van der Waals surface area contributed by atoms with E-state index in [1.807, 2.05) is 19.1 Å². The SMILES string of the molecule is C/C=C/CNC(=O)N(C)C. The van der Waals surface area contributed by atoms with E-state index in [1.165, 1.54) is 4.90 Å². The third kappa shape index (κ3) is 3.95. The molecule has 0 aliphatic rings. The molecule has 0 saturated heterocycles. The summed E-state index contributed by atoms with van der Waals surface area (Å²) in [6, 6.07) is -0.0573. The molecule has 0 heterocycles. The van der Waals surface area contributed by atoms with Crippen LogP contribution in [0.2, 0.25) is 0 Å². The molecule has 10 heavy (non-hydrogen) atoms. The van der Waals surface area contributed by atoms with Gasteiger partial charge in [-0.3, -0.25) is 0 Å². The molecule has 0 atom stereocenters. The van der Waals surface area contributed by atoms with Gasteiger partial charge in [0.15, 0.2) is 0 Å². The van der Waals surface area contributed by atoms with Crippen molar-refractivity contribution in [2.45, 2.75) is 6.92 Å². The molecule has 2 amide bonds. The summed E-state index contributed by atoms with van der Waals surface area (Å²) < 4.78 is 0. The van der Waals surface area contributed by atoms with E-state index in [4.69, 9.17) is 0 Å². The second-order valence-electron chi connectivity index (χ2n) is 2.15. The summed E-state index contributed by atoms with van der Waals surface area (Å²) in [5, 5.41) is 2.68. The first kappa shape index (κ1) is 9.01. The second-order valence-corrected chi connectivity index (χ2v) is 2.15. The first-order chi connectivity index (χ1) is 4.68. The third-order valence-electron chi connectivity index (χ3n) is 1.01. The van der Waals surface area contributed by atoms with Crippen LogP contribution in [0.25, 0.3) is 0 Å². The highest BCUT2D eigenvalue weighted by atomic mass is 16.2. The Hall–Kier alpha value is -0.990. The van der Waals surface area contributed by atoms with E-state index >= 15 is 0 Å². The molecule has 3 heteroatoms. The minimum Gasteiger partial charge on any atom is -0.335 e. The molecule has 0 bridgehead atoms. The van der Waals surface area contributed by atoms with Crippen LogP contribution in [-0.2, 0) is 0 Å². The van der Waals surface area contributed by atoms with E-state index in [9.17, 15) is 4.79 Å². The van der Waals surface area contributed by atoms with E-state index in [-0.39, 0.29) is 6.03 Å². The molecule has 0 aliphatic heterocycles. The van der Waals surface area contributed by atoms with Gasteiger partial charge in [0.25, 0.3) is 0 Å². The number of rotatable bonds is 2. The maximum atomic E-state index is 10.8. The fourth-order valence-electron chi connectivity index (χ4n) is 0.422. The maximum absolute atomic E-state index is 10.8. The summed E-state index contributed by atoms with van der Waals surface area (Å²) in [5.41, 5.74) is 0. The van der Waals surface area contributed by atoms with Gasteiger partial charge in [-0.05, 0) is 6.92 Å². The van der Waals surface area contributed by atoms with Crippen molar-refractivity contribution in [3.8, 4) is 0 Å². The lowest BCUT2D eigenvalue weighted by Crippen LogP contribution is -2.34. The van der Waals surface area contributed by atoms with Crippen LogP contribution >= 0.6 is 0 Å². The zero-order chi connectivity index (χ0) is 7.98. The monoisotopic (exact) mass is 142 g/mol. The van der Waals surface area contributed by atoms with Gasteiger partial charge in [0.05, 0.1) is 0 Å². The van der Waals surface area contributed by atoms with Crippen molar-refractivity contribution in [2.24, 2.45) is 0 Å². The summed E-state index contributed by atoms with van der Waals surface area (Å²) in [5.74, 6) is 0. The molecule has 0 saturated carbocycles. The van der Waals surface area contributed by atoms with Crippen LogP contribution in [0.15, 0.2) is 12.2 Å². The van der Waals surface area contributed by atoms with Gasteiger partial charge in [-0.15, -0.1) is 0 Å². The van der Waals surface area contributed by atoms with Crippen molar-refractivity contribution in [3.05, 3.63) is 12.2 Å². The lowest BCUT2D eigenvalue weighted by atomic mass is 10.5. The highest BCUT2D eigenvalue weighted by Crippen LogP contribution is 1.75. The molecule has 1 N–H and O–H groups in total. The number of urea groups is 1. The molecule has 0 unspecified atom stereocenters. The van der Waals surface area contributed by atoms with Crippen LogP contribution < -0.4 is 5.32 Å². The van der Waals surface area contributed by atoms with Gasteiger partial charge in [-0.25, -0.2) is 4.79 Å². The molecule has 0 radical (unpaired) electrons. The van der Waals surface area contributed by atoms with Crippen LogP contribution in [0.1, 0.15) is 6.92 Å². The van der Waals surface area contributed by atoms with Gasteiger partial charge in [0, 0.05) is 20.6 Å². The lowest BCUT2D eigenvalue weighted by molar-refractivity contribution is 0.218. The third-order valence-corrected chi connectivity index (χ3v) is 1.01. The fourth-order valence-corrected chi connectivity index (χ4v) is 0.422. The topological polar surface area (TPSA) is 32.3 Å². The minimum atomic E-state index is -0.0573. The van der Waals surface area contributed by atoms with E-state index in [0.717, 1.165) is 0 Å². The molecule has 0 aromatic heterocycles. The van der Waals surface area contributed by atoms with Crippen LogP contribution in [0.3, 0.4) is 0 Å². The van der Waals surface area contributed by atoms with Crippen molar-refractivity contribution in [2.75, 3.05) is 20.6 Å². The molecule has 0 aromatic rings. The van der Waals surface area contributed by atoms with Gasteiger partial charge < -0.3 is 10.2 Å². The minimum absolute atomic E-state index is 0.0573. The van der Waals surface area contributed by atoms with Gasteiger partial charge in [0.2, 0.25) is 0 Å². The number of hydrogen-bond acceptors (Lipinski definition) is 1. The largest absolute Gasteiger partial charge is 0.335 e. The van der Waals surface area contributed by atoms with Gasteiger partial charge in [-0.2, -0.15) is 0 Å². The van der Waals surface area contributed by atoms with E-state index in [0.29, 0.717) is 6.54 Å². The molecule has 58 valence electrons. The second kappa shape index (κ2) is 4.85. The zero-order valence-electron chi connectivity index (χ0n) is 6.72. The van der Waals surface area contributed by atoms with Crippen LogP contribution in [0.5, 0.6) is 0 Å². The van der Waals surface area contributed by atoms with Crippen LogP contribution in [0, 0.1) is 0 Å². The number of carbonyl (C=O) groups excluding carboxylic acids is 1. The van der Waals surface area contributed by atoms with Crippen molar-refractivity contribution in [1.82, 2.24) is 10.2 Å². The Balaban J connectivity index is 3.40. The van der Waals surface area contributed by atoms with Gasteiger partial charge in [-0.1, -0.05) is 12.2 Å². The molecular weight excluding hydrogens is 128 g/mol. The highest BCUT2D eigenvalue weighted by Gasteiger charge is 1.97. The molecular formula is C7H14N2O. The van der Waals surface area contributed by atoms with Crippen LogP contribution in [-0.4, -0.2) is 31.6 Å². The van der Waals surface area contributed by atoms with E-state index < -0.39 is 0 Å². The Kier molecular flexibility index (Phi) is 4.37. The standard InChI is InChI=1S/C7H14N2O/c1-4-5-6-8-7(10)9(2)3/h4-5H,6H2,1-3H3,(H,8,10)/b5-4+. The Labute approximate surface area is 61.7 Å². The summed E-state index contributed by atoms with van der Waals surface area (Å²) in [6.07, 6.45) is 3.79. The molecule has 0 aliphatic carbocycles. The smallest absolute Gasteiger partial charge is 0.317 e. The number of amides is 2. The Morgan fingerprint density at radius 3 is 2.60 bits per heavy atom. The number of nitrogens with one attached hydrogen (secondary N) is 1. The lowest BCUT2D eigenvalue weighted by Gasteiger charge is -2.09. The first-order valence-electron chi connectivity index (χ1n) is 3.24. The molecule has 3 nitrogen and oxygen atoms in total. The summed E-state index contributed by atoms with van der Waals surface area (Å²) >= 11 is 0. The Morgan fingerprint density at radius 2 is 2.20 bits per heavy atom. The van der Waals surface area contributed by atoms with Crippen molar-refractivity contribution in [3.63, 3.8) is 0 Å². The quantitative estimate of drug-likeness (QED) is 0.569. The zero-order valence-corrected chi connectivity index (χ0v) is 6.72. The average molecular weight is 142 g/mol. The molecule has 0 aromatic carbocycles. The predicted octanol–water partition coefficient (Wildman–Crippen LogP) is 0.834. The van der Waals surface area contributed by atoms with Crippen molar-refractivity contribution in [1.29, 1.82) is 0 Å². The van der Waals surface area contributed by atoms with Gasteiger partial charge >= 0.3 is 6.03 Å². The average Bonchev–Trinajstić information content (AvgIpc) is 1.88. The summed E-state index contributed by atoms with van der Waals surface area (Å²) in [6.45, 7) is 2.52. The summed E-state index contributed by atoms with van der Waals surface area (Å²) in [7, 11) is 3.43. The first-order valence-corrected chi connectivity index (χ1v) is 3.24. The van der Waals surface area contributed by atoms with Crippen molar-refractivity contribution >= 4 is 6.03 Å².